The molecule has 0 fully saturated rings. The maximum absolute atomic E-state index is 11.8. The van der Waals surface area contributed by atoms with Gasteiger partial charge in [-0.1, -0.05) is 6.07 Å². The second-order valence-electron chi connectivity index (χ2n) is 8.06. The molecule has 174 valence electrons. The van der Waals surface area contributed by atoms with Gasteiger partial charge in [-0.05, 0) is 36.8 Å². The quantitative estimate of drug-likeness (QED) is 0.370. The maximum atomic E-state index is 11.8. The van der Waals surface area contributed by atoms with Gasteiger partial charge in [0, 0.05) is 37.6 Å². The highest BCUT2D eigenvalue weighted by Gasteiger charge is 2.18. The van der Waals surface area contributed by atoms with Gasteiger partial charge in [-0.3, -0.25) is 4.98 Å². The van der Waals surface area contributed by atoms with Crippen LogP contribution < -0.4 is 4.74 Å². The zero-order chi connectivity index (χ0) is 24.0. The number of aryl methyl sites for hydroxylation is 1. The third-order valence-corrected chi connectivity index (χ3v) is 7.01. The van der Waals surface area contributed by atoms with Crippen LogP contribution in [-0.2, 0) is 16.6 Å². The minimum absolute atomic E-state index is 0.240. The largest absolute Gasteiger partial charge is 0.494 e. The Kier molecular flexibility index (Phi) is 5.29. The Hall–Kier alpha value is -3.83. The van der Waals surface area contributed by atoms with E-state index in [0.717, 1.165) is 39.1 Å². The third kappa shape index (κ3) is 3.78. The molecule has 0 N–H and O–H groups in total. The average Bonchev–Trinajstić information content (AvgIpc) is 3.39. The van der Waals surface area contributed by atoms with E-state index in [9.17, 15) is 8.42 Å². The van der Waals surface area contributed by atoms with Gasteiger partial charge >= 0.3 is 0 Å². The summed E-state index contributed by atoms with van der Waals surface area (Å²) < 4.78 is 34.1. The van der Waals surface area contributed by atoms with Crippen LogP contribution in [0, 0.1) is 6.92 Å². The molecule has 1 aromatic carbocycles. The van der Waals surface area contributed by atoms with Gasteiger partial charge in [0.1, 0.15) is 11.4 Å². The van der Waals surface area contributed by atoms with Crippen LogP contribution in [0.3, 0.4) is 0 Å². The van der Waals surface area contributed by atoms with E-state index < -0.39 is 10.0 Å². The average molecular weight is 478 g/mol. The third-order valence-electron chi connectivity index (χ3n) is 5.75. The van der Waals surface area contributed by atoms with Crippen LogP contribution in [0.5, 0.6) is 5.75 Å². The lowest BCUT2D eigenvalue weighted by Crippen LogP contribution is -2.24. The smallest absolute Gasteiger partial charge is 0.211 e. The van der Waals surface area contributed by atoms with Crippen molar-refractivity contribution in [3.8, 4) is 22.7 Å². The number of hydrogen-bond donors (Lipinski definition) is 0. The molecule has 0 aliphatic heterocycles. The predicted molar refractivity (Wildman–Crippen MR) is 128 cm³/mol. The summed E-state index contributed by atoms with van der Waals surface area (Å²) in [4.78, 5) is 9.07. The number of sulfonamides is 1. The number of ether oxygens (including phenoxy) is 1. The van der Waals surface area contributed by atoms with Gasteiger partial charge < -0.3 is 4.74 Å². The molecule has 0 aliphatic carbocycles. The number of methoxy groups -OCH3 is 1. The number of hydrogen-bond acceptors (Lipinski definition) is 7. The summed E-state index contributed by atoms with van der Waals surface area (Å²) in [7, 11) is -0.166. The molecule has 0 spiro atoms. The molecule has 0 bridgehead atoms. The van der Waals surface area contributed by atoms with Gasteiger partial charge in [-0.2, -0.15) is 10.2 Å². The monoisotopic (exact) mass is 477 g/mol. The first kappa shape index (κ1) is 22.0. The fourth-order valence-electron chi connectivity index (χ4n) is 3.87. The molecule has 0 unspecified atom stereocenters. The van der Waals surface area contributed by atoms with Crippen LogP contribution in [-0.4, -0.2) is 62.5 Å². The second-order valence-corrected chi connectivity index (χ2v) is 10.1. The van der Waals surface area contributed by atoms with Crippen LogP contribution in [0.2, 0.25) is 0 Å². The van der Waals surface area contributed by atoms with Gasteiger partial charge in [0.05, 0.1) is 42.0 Å². The van der Waals surface area contributed by atoms with E-state index in [1.807, 2.05) is 48.1 Å². The van der Waals surface area contributed by atoms with Crippen molar-refractivity contribution < 1.29 is 13.2 Å². The minimum atomic E-state index is -3.29. The lowest BCUT2D eigenvalue weighted by atomic mass is 10.1. The van der Waals surface area contributed by atoms with Crippen molar-refractivity contribution in [2.75, 3.05) is 20.4 Å². The summed E-state index contributed by atoms with van der Waals surface area (Å²) >= 11 is 0. The highest BCUT2D eigenvalue weighted by molar-refractivity contribution is 7.88. The summed E-state index contributed by atoms with van der Waals surface area (Å²) in [5, 5.41) is 10.0. The lowest BCUT2D eigenvalue weighted by Gasteiger charge is -2.16. The first-order valence-electron chi connectivity index (χ1n) is 10.5. The van der Waals surface area contributed by atoms with Crippen LogP contribution in [0.1, 0.15) is 11.3 Å². The molecule has 0 amide bonds. The van der Waals surface area contributed by atoms with Gasteiger partial charge in [0.25, 0.3) is 0 Å². The standard InChI is InChI=1S/C23H23N7O3S/c1-15-17-12-25-19(18-13-26-29-9-5-8-24-23(18)29)11-21(17)30(27-15)20-7-6-16(10-22(20)33-3)14-28(2)34(4,31)32/h5-13H,14H2,1-4H3. The number of nitrogens with zero attached hydrogens (tertiary/aromatic N) is 7. The summed E-state index contributed by atoms with van der Waals surface area (Å²) in [5.41, 5.74) is 5.50. The molecule has 5 rings (SSSR count). The summed E-state index contributed by atoms with van der Waals surface area (Å²) in [6.45, 7) is 2.17. The molecule has 5 aromatic rings. The fraction of sp³-hybridized carbons (Fsp3) is 0.217. The van der Waals surface area contributed by atoms with Crippen molar-refractivity contribution in [1.29, 1.82) is 0 Å². The Morgan fingerprint density at radius 1 is 1.15 bits per heavy atom. The molecule has 34 heavy (non-hydrogen) atoms. The Labute approximate surface area is 196 Å². The molecular weight excluding hydrogens is 454 g/mol. The summed E-state index contributed by atoms with van der Waals surface area (Å²) in [6.07, 6.45) is 8.30. The Morgan fingerprint density at radius 2 is 1.97 bits per heavy atom. The van der Waals surface area contributed by atoms with Gasteiger partial charge in [0.2, 0.25) is 10.0 Å². The van der Waals surface area contributed by atoms with Crippen LogP contribution >= 0.6 is 0 Å². The molecule has 10 nitrogen and oxygen atoms in total. The molecule has 0 saturated carbocycles. The zero-order valence-electron chi connectivity index (χ0n) is 19.2. The highest BCUT2D eigenvalue weighted by Crippen LogP contribution is 2.31. The van der Waals surface area contributed by atoms with Crippen LogP contribution in [0.4, 0.5) is 0 Å². The van der Waals surface area contributed by atoms with E-state index in [2.05, 4.69) is 15.1 Å². The van der Waals surface area contributed by atoms with Crippen LogP contribution in [0.25, 0.3) is 33.5 Å². The van der Waals surface area contributed by atoms with Gasteiger partial charge in [-0.15, -0.1) is 0 Å². The minimum Gasteiger partial charge on any atom is -0.494 e. The van der Waals surface area contributed by atoms with E-state index in [1.165, 1.54) is 10.6 Å². The van der Waals surface area contributed by atoms with Crippen LogP contribution in [0.15, 0.2) is 55.1 Å². The Bertz CT molecular complexity index is 1640. The number of pyridine rings is 1. The summed E-state index contributed by atoms with van der Waals surface area (Å²) in [5.74, 6) is 0.583. The highest BCUT2D eigenvalue weighted by atomic mass is 32.2. The Morgan fingerprint density at radius 3 is 2.74 bits per heavy atom. The van der Waals surface area contributed by atoms with E-state index in [1.54, 1.807) is 37.3 Å². The normalized spacial score (nSPS) is 12.1. The molecular formula is C23H23N7O3S. The molecule has 0 atom stereocenters. The second kappa shape index (κ2) is 8.19. The van der Waals surface area contributed by atoms with E-state index in [4.69, 9.17) is 9.84 Å². The van der Waals surface area contributed by atoms with Crippen molar-refractivity contribution in [3.63, 3.8) is 0 Å². The first-order valence-corrected chi connectivity index (χ1v) is 12.3. The number of aromatic nitrogens is 6. The molecule has 0 aliphatic rings. The Balaban J connectivity index is 1.62. The van der Waals surface area contributed by atoms with Crippen molar-refractivity contribution >= 4 is 26.6 Å². The maximum Gasteiger partial charge on any atom is 0.211 e. The van der Waals surface area contributed by atoms with Crippen molar-refractivity contribution in [2.45, 2.75) is 13.5 Å². The van der Waals surface area contributed by atoms with Crippen molar-refractivity contribution in [2.24, 2.45) is 0 Å². The van der Waals surface area contributed by atoms with E-state index in [0.29, 0.717) is 11.4 Å². The number of fused-ring (bicyclic) bond motifs is 2. The van der Waals surface area contributed by atoms with E-state index >= 15 is 0 Å². The first-order chi connectivity index (χ1) is 16.3. The molecule has 0 saturated heterocycles. The number of rotatable bonds is 6. The zero-order valence-corrected chi connectivity index (χ0v) is 20.0. The fourth-order valence-corrected chi connectivity index (χ4v) is 4.25. The summed E-state index contributed by atoms with van der Waals surface area (Å²) in [6, 6.07) is 9.37. The molecule has 0 radical (unpaired) electrons. The predicted octanol–water partition coefficient (Wildman–Crippen LogP) is 2.84. The van der Waals surface area contributed by atoms with Gasteiger partial charge in [0.15, 0.2) is 5.65 Å². The molecule has 4 heterocycles. The molecule has 11 heteroatoms. The van der Waals surface area contributed by atoms with E-state index in [-0.39, 0.29) is 6.54 Å². The SMILES string of the molecule is COc1cc(CN(C)S(C)(=O)=O)ccc1-n1nc(C)c2cnc(-c3cnn4cccnc34)cc21. The van der Waals surface area contributed by atoms with Crippen molar-refractivity contribution in [3.05, 3.63) is 66.4 Å². The van der Waals surface area contributed by atoms with Crippen molar-refractivity contribution in [1.82, 2.24) is 33.7 Å². The lowest BCUT2D eigenvalue weighted by molar-refractivity contribution is 0.410. The van der Waals surface area contributed by atoms with Gasteiger partial charge in [-0.25, -0.2) is 26.9 Å². The topological polar surface area (TPSA) is 108 Å². The number of benzene rings is 1. The molecule has 4 aromatic heterocycles.